The fourth-order valence-corrected chi connectivity index (χ4v) is 3.18. The van der Waals surface area contributed by atoms with Crippen molar-refractivity contribution < 1.29 is 4.79 Å². The zero-order chi connectivity index (χ0) is 12.1. The third kappa shape index (κ3) is 3.96. The fraction of sp³-hybridized carbons (Fsp3) is 0.462. The van der Waals surface area contributed by atoms with Gasteiger partial charge in [0.05, 0.1) is 0 Å². The monoisotopic (exact) mass is 267 g/mol. The van der Waals surface area contributed by atoms with E-state index in [-0.39, 0.29) is 11.2 Å². The number of likely N-dealkylation sites (tertiary alicyclic amines) is 1. The van der Waals surface area contributed by atoms with Gasteiger partial charge in [-0.1, -0.05) is 30.3 Å². The number of carbonyl (C=O) groups excluding carboxylic acids is 1. The van der Waals surface area contributed by atoms with Crippen LogP contribution in [0, 0.1) is 0 Å². The van der Waals surface area contributed by atoms with Crippen molar-refractivity contribution >= 4 is 30.3 Å². The molecule has 1 amide bonds. The summed E-state index contributed by atoms with van der Waals surface area (Å²) in [5, 5.41) is 0.238. The predicted molar refractivity (Wildman–Crippen MR) is 76.6 cm³/mol. The van der Waals surface area contributed by atoms with E-state index in [2.05, 4.69) is 36.9 Å². The Balaban J connectivity index is 1.65. The number of hydrogen-bond donors (Lipinski definition) is 1. The highest BCUT2D eigenvalue weighted by Gasteiger charge is 2.26. The second-order valence-corrected chi connectivity index (χ2v) is 6.07. The summed E-state index contributed by atoms with van der Waals surface area (Å²) in [4.78, 5) is 13.4. The molecular formula is C13H17NOS2. The van der Waals surface area contributed by atoms with Crippen molar-refractivity contribution in [3.05, 3.63) is 35.9 Å². The molecule has 2 rings (SSSR count). The molecule has 1 aliphatic rings. The highest BCUT2D eigenvalue weighted by atomic mass is 32.2. The molecule has 1 saturated heterocycles. The van der Waals surface area contributed by atoms with E-state index < -0.39 is 0 Å². The van der Waals surface area contributed by atoms with Crippen LogP contribution >= 0.6 is 24.4 Å². The Morgan fingerprint density at radius 1 is 1.35 bits per heavy atom. The molecule has 0 aromatic heterocycles. The topological polar surface area (TPSA) is 20.3 Å². The average Bonchev–Trinajstić information content (AvgIpc) is 2.65. The van der Waals surface area contributed by atoms with Crippen LogP contribution in [0.5, 0.6) is 0 Å². The molecule has 92 valence electrons. The molecule has 1 unspecified atom stereocenters. The molecule has 17 heavy (non-hydrogen) atoms. The van der Waals surface area contributed by atoms with Crippen LogP contribution in [0.25, 0.3) is 0 Å². The second-order valence-electron chi connectivity index (χ2n) is 4.24. The van der Waals surface area contributed by atoms with Gasteiger partial charge in [-0.3, -0.25) is 4.79 Å². The zero-order valence-electron chi connectivity index (χ0n) is 9.71. The number of thioether (sulfide) groups is 1. The number of rotatable bonds is 5. The van der Waals surface area contributed by atoms with Crippen molar-refractivity contribution in [3.63, 3.8) is 0 Å². The third-order valence-electron chi connectivity index (χ3n) is 2.81. The Morgan fingerprint density at radius 2 is 2.12 bits per heavy atom. The molecule has 1 heterocycles. The first kappa shape index (κ1) is 12.8. The van der Waals surface area contributed by atoms with Crippen LogP contribution in [0.3, 0.4) is 0 Å². The molecule has 2 nitrogen and oxygen atoms in total. The molecule has 1 aromatic carbocycles. The highest BCUT2D eigenvalue weighted by molar-refractivity contribution is 7.98. The summed E-state index contributed by atoms with van der Waals surface area (Å²) in [6.07, 6.45) is 0.604. The lowest BCUT2D eigenvalue weighted by molar-refractivity contribution is -0.127. The number of hydrogen-bond acceptors (Lipinski definition) is 3. The van der Waals surface area contributed by atoms with E-state index in [1.54, 1.807) is 0 Å². The van der Waals surface area contributed by atoms with E-state index in [4.69, 9.17) is 0 Å². The minimum atomic E-state index is 0.238. The zero-order valence-corrected chi connectivity index (χ0v) is 11.4. The Bertz CT molecular complexity index is 369. The lowest BCUT2D eigenvalue weighted by Crippen LogP contribution is -2.27. The van der Waals surface area contributed by atoms with E-state index >= 15 is 0 Å². The summed E-state index contributed by atoms with van der Waals surface area (Å²) in [5.74, 6) is 2.28. The van der Waals surface area contributed by atoms with Gasteiger partial charge in [-0.05, 0) is 5.56 Å². The van der Waals surface area contributed by atoms with E-state index in [0.717, 1.165) is 24.6 Å². The molecule has 0 aliphatic carbocycles. The van der Waals surface area contributed by atoms with Gasteiger partial charge in [0.2, 0.25) is 5.91 Å². The molecule has 0 spiro atoms. The second kappa shape index (κ2) is 6.36. The smallest absolute Gasteiger partial charge is 0.223 e. The van der Waals surface area contributed by atoms with Crippen LogP contribution in [-0.2, 0) is 10.5 Å². The molecule has 0 bridgehead atoms. The maximum atomic E-state index is 11.5. The first-order valence-electron chi connectivity index (χ1n) is 5.83. The van der Waals surface area contributed by atoms with Gasteiger partial charge in [-0.15, -0.1) is 0 Å². The first-order chi connectivity index (χ1) is 8.25. The number of carbonyl (C=O) groups is 1. The summed E-state index contributed by atoms with van der Waals surface area (Å²) in [7, 11) is 0. The van der Waals surface area contributed by atoms with E-state index in [9.17, 15) is 4.79 Å². The van der Waals surface area contributed by atoms with Crippen molar-refractivity contribution in [3.8, 4) is 0 Å². The summed E-state index contributed by atoms with van der Waals surface area (Å²) in [6.45, 7) is 1.67. The maximum Gasteiger partial charge on any atom is 0.223 e. The van der Waals surface area contributed by atoms with Crippen molar-refractivity contribution in [2.24, 2.45) is 0 Å². The van der Waals surface area contributed by atoms with Gasteiger partial charge in [-0.2, -0.15) is 24.4 Å². The van der Waals surface area contributed by atoms with Crippen LogP contribution < -0.4 is 0 Å². The van der Waals surface area contributed by atoms with Crippen molar-refractivity contribution in [2.75, 3.05) is 18.8 Å². The lowest BCUT2D eigenvalue weighted by atomic mass is 10.2. The minimum absolute atomic E-state index is 0.238. The molecule has 1 atom stereocenters. The number of thiol groups is 1. The SMILES string of the molecule is O=C1CC(S)CN1CCSCc1ccccc1. The van der Waals surface area contributed by atoms with Gasteiger partial charge in [-0.25, -0.2) is 0 Å². The summed E-state index contributed by atoms with van der Waals surface area (Å²) < 4.78 is 0. The molecule has 0 saturated carbocycles. The molecule has 1 fully saturated rings. The molecule has 4 heteroatoms. The van der Waals surface area contributed by atoms with E-state index in [0.29, 0.717) is 6.42 Å². The molecular weight excluding hydrogens is 250 g/mol. The minimum Gasteiger partial charge on any atom is -0.341 e. The molecule has 0 N–H and O–H groups in total. The molecule has 1 aliphatic heterocycles. The standard InChI is InChI=1S/C13H17NOS2/c15-13-8-12(16)9-14(13)6-7-17-10-11-4-2-1-3-5-11/h1-5,12,16H,6-10H2. The Labute approximate surface area is 112 Å². The van der Waals surface area contributed by atoms with Gasteiger partial charge in [0.25, 0.3) is 0 Å². The summed E-state index contributed by atoms with van der Waals surface area (Å²) in [6, 6.07) is 10.4. The fourth-order valence-electron chi connectivity index (χ4n) is 1.91. The highest BCUT2D eigenvalue weighted by Crippen LogP contribution is 2.17. The van der Waals surface area contributed by atoms with E-state index in [1.807, 2.05) is 22.7 Å². The van der Waals surface area contributed by atoms with Crippen molar-refractivity contribution in [2.45, 2.75) is 17.4 Å². The van der Waals surface area contributed by atoms with Crippen LogP contribution in [0.4, 0.5) is 0 Å². The van der Waals surface area contributed by atoms with Crippen molar-refractivity contribution in [1.82, 2.24) is 4.90 Å². The molecule has 1 aromatic rings. The Kier molecular flexibility index (Phi) is 4.80. The quantitative estimate of drug-likeness (QED) is 0.653. The van der Waals surface area contributed by atoms with Crippen LogP contribution in [0.2, 0.25) is 0 Å². The summed E-state index contributed by atoms with van der Waals surface area (Å²) >= 11 is 6.22. The number of nitrogens with zero attached hydrogens (tertiary/aromatic N) is 1. The van der Waals surface area contributed by atoms with Crippen LogP contribution in [-0.4, -0.2) is 34.9 Å². The van der Waals surface area contributed by atoms with Crippen LogP contribution in [0.15, 0.2) is 30.3 Å². The third-order valence-corrected chi connectivity index (χ3v) is 4.17. The maximum absolute atomic E-state index is 11.5. The number of benzene rings is 1. The van der Waals surface area contributed by atoms with Gasteiger partial charge in [0.15, 0.2) is 0 Å². The normalized spacial score (nSPS) is 19.9. The first-order valence-corrected chi connectivity index (χ1v) is 7.50. The largest absolute Gasteiger partial charge is 0.341 e. The van der Waals surface area contributed by atoms with Gasteiger partial charge < -0.3 is 4.90 Å². The summed E-state index contributed by atoms with van der Waals surface area (Å²) in [5.41, 5.74) is 1.34. The van der Waals surface area contributed by atoms with Gasteiger partial charge in [0, 0.05) is 36.3 Å². The molecule has 0 radical (unpaired) electrons. The van der Waals surface area contributed by atoms with Gasteiger partial charge in [0.1, 0.15) is 0 Å². The van der Waals surface area contributed by atoms with Gasteiger partial charge >= 0.3 is 0 Å². The Morgan fingerprint density at radius 3 is 2.76 bits per heavy atom. The number of amides is 1. The predicted octanol–water partition coefficient (Wildman–Crippen LogP) is 2.45. The lowest BCUT2D eigenvalue weighted by Gasteiger charge is -2.15. The Hall–Kier alpha value is -0.610. The average molecular weight is 267 g/mol. The van der Waals surface area contributed by atoms with Crippen molar-refractivity contribution in [1.29, 1.82) is 0 Å². The van der Waals surface area contributed by atoms with E-state index in [1.165, 1.54) is 5.56 Å². The van der Waals surface area contributed by atoms with Crippen LogP contribution in [0.1, 0.15) is 12.0 Å².